The summed E-state index contributed by atoms with van der Waals surface area (Å²) < 4.78 is 13.7. The molecule has 1 saturated heterocycles. The summed E-state index contributed by atoms with van der Waals surface area (Å²) in [4.78, 5) is 26.7. The Bertz CT molecular complexity index is 999. The summed E-state index contributed by atoms with van der Waals surface area (Å²) in [6.07, 6.45) is 1.61. The van der Waals surface area contributed by atoms with Crippen molar-refractivity contribution >= 4 is 39.0 Å². The predicted molar refractivity (Wildman–Crippen MR) is 110 cm³/mol. The molecule has 2 aromatic heterocycles. The van der Waals surface area contributed by atoms with Crippen LogP contribution in [0.15, 0.2) is 36.0 Å². The molecule has 3 aromatic rings. The Labute approximate surface area is 167 Å². The largest absolute Gasteiger partial charge is 0.353 e. The van der Waals surface area contributed by atoms with Crippen molar-refractivity contribution in [1.29, 1.82) is 0 Å². The number of benzene rings is 1. The summed E-state index contributed by atoms with van der Waals surface area (Å²) in [5, 5.41) is 5.92. The van der Waals surface area contributed by atoms with Gasteiger partial charge in [0, 0.05) is 31.9 Å². The molecule has 1 amide bonds. The number of hydrogen-bond donors (Lipinski definition) is 1. The zero-order valence-electron chi connectivity index (χ0n) is 15.9. The van der Waals surface area contributed by atoms with Crippen LogP contribution in [0.3, 0.4) is 0 Å². The number of piperazine rings is 1. The van der Waals surface area contributed by atoms with Gasteiger partial charge in [0.2, 0.25) is 5.91 Å². The van der Waals surface area contributed by atoms with Gasteiger partial charge in [0.15, 0.2) is 0 Å². The lowest BCUT2D eigenvalue weighted by atomic mass is 10.2. The van der Waals surface area contributed by atoms with Crippen LogP contribution in [0, 0.1) is 12.7 Å². The van der Waals surface area contributed by atoms with E-state index in [0.717, 1.165) is 42.2 Å². The minimum absolute atomic E-state index is 0.126. The Morgan fingerprint density at radius 3 is 2.75 bits per heavy atom. The van der Waals surface area contributed by atoms with Crippen molar-refractivity contribution in [2.24, 2.45) is 0 Å². The van der Waals surface area contributed by atoms with Crippen LogP contribution in [-0.2, 0) is 4.79 Å². The fourth-order valence-electron chi connectivity index (χ4n) is 3.43. The molecule has 1 aromatic carbocycles. The van der Waals surface area contributed by atoms with E-state index in [1.54, 1.807) is 36.7 Å². The molecular weight excluding hydrogens is 377 g/mol. The second-order valence-electron chi connectivity index (χ2n) is 6.99. The van der Waals surface area contributed by atoms with Gasteiger partial charge in [0.05, 0.1) is 11.4 Å². The van der Waals surface area contributed by atoms with Gasteiger partial charge in [-0.15, -0.1) is 11.3 Å². The first-order valence-corrected chi connectivity index (χ1v) is 10.1. The fourth-order valence-corrected chi connectivity index (χ4v) is 4.16. The molecule has 6 nitrogen and oxygen atoms in total. The molecule has 0 bridgehead atoms. The average Bonchev–Trinajstić information content (AvgIpc) is 3.19. The molecule has 28 heavy (non-hydrogen) atoms. The highest BCUT2D eigenvalue weighted by atomic mass is 32.1. The number of nitrogens with one attached hydrogen (secondary N) is 1. The van der Waals surface area contributed by atoms with Crippen LogP contribution in [-0.4, -0.2) is 53.0 Å². The minimum atomic E-state index is -0.316. The first-order valence-electron chi connectivity index (χ1n) is 9.27. The van der Waals surface area contributed by atoms with Gasteiger partial charge >= 0.3 is 0 Å². The highest BCUT2D eigenvalue weighted by molar-refractivity contribution is 7.16. The van der Waals surface area contributed by atoms with Crippen molar-refractivity contribution in [3.05, 3.63) is 47.4 Å². The summed E-state index contributed by atoms with van der Waals surface area (Å²) in [6, 6.07) is 6.51. The van der Waals surface area contributed by atoms with Crippen LogP contribution in [0.4, 0.5) is 15.9 Å². The number of fused-ring (bicyclic) bond motifs is 1. The molecule has 1 aliphatic rings. The van der Waals surface area contributed by atoms with Crippen molar-refractivity contribution in [3.63, 3.8) is 0 Å². The summed E-state index contributed by atoms with van der Waals surface area (Å²) in [7, 11) is 0. The average molecular weight is 399 g/mol. The van der Waals surface area contributed by atoms with Gasteiger partial charge in [-0.1, -0.05) is 6.07 Å². The lowest BCUT2D eigenvalue weighted by Gasteiger charge is -2.38. The van der Waals surface area contributed by atoms with E-state index in [2.05, 4.69) is 31.2 Å². The van der Waals surface area contributed by atoms with E-state index in [1.807, 2.05) is 12.3 Å². The summed E-state index contributed by atoms with van der Waals surface area (Å²) in [5.74, 6) is 0.515. The number of rotatable bonds is 4. The maximum Gasteiger partial charge on any atom is 0.241 e. The monoisotopic (exact) mass is 399 g/mol. The number of hydrogen-bond acceptors (Lipinski definition) is 6. The van der Waals surface area contributed by atoms with Crippen molar-refractivity contribution in [1.82, 2.24) is 14.9 Å². The maximum atomic E-state index is 13.7. The fraction of sp³-hybridized carbons (Fsp3) is 0.350. The molecule has 1 fully saturated rings. The Morgan fingerprint density at radius 2 is 2.00 bits per heavy atom. The van der Waals surface area contributed by atoms with Crippen LogP contribution in [0.25, 0.3) is 10.2 Å². The number of thiophene rings is 1. The molecule has 0 saturated carbocycles. The number of carbonyl (C=O) groups excluding carboxylic acids is 1. The van der Waals surface area contributed by atoms with Crippen LogP contribution in [0.5, 0.6) is 0 Å². The number of aromatic nitrogens is 2. The molecule has 1 aliphatic heterocycles. The molecule has 8 heteroatoms. The SMILES string of the molecule is Cc1ccc(NC(=O)C(C)N2CCN(c3ncnc4sccc34)CC2)cc1F. The van der Waals surface area contributed by atoms with Gasteiger partial charge in [-0.2, -0.15) is 0 Å². The standard InChI is InChI=1S/C20H22FN5OS/c1-13-3-4-15(11-17(13)21)24-19(27)14(2)25-6-8-26(9-7-25)18-16-5-10-28-20(16)23-12-22-18/h3-5,10-12,14H,6-9H2,1-2H3,(H,24,27). The van der Waals surface area contributed by atoms with Crippen molar-refractivity contribution in [2.75, 3.05) is 36.4 Å². The van der Waals surface area contributed by atoms with Crippen molar-refractivity contribution in [2.45, 2.75) is 19.9 Å². The summed E-state index contributed by atoms with van der Waals surface area (Å²) in [6.45, 7) is 6.68. The number of anilines is 2. The van der Waals surface area contributed by atoms with Crippen LogP contribution in [0.2, 0.25) is 0 Å². The first kappa shape index (κ1) is 18.8. The van der Waals surface area contributed by atoms with E-state index in [4.69, 9.17) is 0 Å². The number of halogens is 1. The Kier molecular flexibility index (Phi) is 5.23. The smallest absolute Gasteiger partial charge is 0.241 e. The quantitative estimate of drug-likeness (QED) is 0.730. The van der Waals surface area contributed by atoms with Crippen LogP contribution in [0.1, 0.15) is 12.5 Å². The Hall–Kier alpha value is -2.58. The molecule has 146 valence electrons. The molecular formula is C20H22FN5OS. The van der Waals surface area contributed by atoms with Crippen LogP contribution >= 0.6 is 11.3 Å². The molecule has 0 aliphatic carbocycles. The molecule has 1 N–H and O–H groups in total. The zero-order valence-corrected chi connectivity index (χ0v) is 16.7. The lowest BCUT2D eigenvalue weighted by Crippen LogP contribution is -2.53. The normalized spacial score (nSPS) is 16.3. The molecule has 1 atom stereocenters. The molecule has 0 radical (unpaired) electrons. The second-order valence-corrected chi connectivity index (χ2v) is 7.88. The minimum Gasteiger partial charge on any atom is -0.353 e. The van der Waals surface area contributed by atoms with E-state index in [-0.39, 0.29) is 17.8 Å². The topological polar surface area (TPSA) is 61.4 Å². The summed E-state index contributed by atoms with van der Waals surface area (Å²) >= 11 is 1.61. The van der Waals surface area contributed by atoms with Crippen molar-refractivity contribution in [3.8, 4) is 0 Å². The third kappa shape index (κ3) is 3.70. The van der Waals surface area contributed by atoms with E-state index in [1.165, 1.54) is 6.07 Å². The van der Waals surface area contributed by atoms with Gasteiger partial charge in [0.1, 0.15) is 22.8 Å². The van der Waals surface area contributed by atoms with E-state index >= 15 is 0 Å². The van der Waals surface area contributed by atoms with E-state index < -0.39 is 0 Å². The zero-order chi connectivity index (χ0) is 19.7. The highest BCUT2D eigenvalue weighted by Gasteiger charge is 2.27. The van der Waals surface area contributed by atoms with Gasteiger partial charge in [-0.3, -0.25) is 9.69 Å². The molecule has 4 rings (SSSR count). The third-order valence-corrected chi connectivity index (χ3v) is 6.04. The number of amides is 1. The Morgan fingerprint density at radius 1 is 1.21 bits per heavy atom. The number of carbonyl (C=O) groups is 1. The van der Waals surface area contributed by atoms with Crippen LogP contribution < -0.4 is 10.2 Å². The third-order valence-electron chi connectivity index (χ3n) is 5.22. The predicted octanol–water partition coefficient (Wildman–Crippen LogP) is 3.29. The number of aryl methyl sites for hydroxylation is 1. The second kappa shape index (κ2) is 7.81. The van der Waals surface area contributed by atoms with E-state index in [0.29, 0.717) is 11.3 Å². The summed E-state index contributed by atoms with van der Waals surface area (Å²) in [5.41, 5.74) is 1.05. The molecule has 3 heterocycles. The molecule has 1 unspecified atom stereocenters. The number of nitrogens with zero attached hydrogens (tertiary/aromatic N) is 4. The first-order chi connectivity index (χ1) is 13.5. The van der Waals surface area contributed by atoms with Gasteiger partial charge in [-0.25, -0.2) is 14.4 Å². The molecule has 0 spiro atoms. The van der Waals surface area contributed by atoms with Gasteiger partial charge < -0.3 is 10.2 Å². The Balaban J connectivity index is 1.38. The van der Waals surface area contributed by atoms with Gasteiger partial charge in [-0.05, 0) is 43.0 Å². The lowest BCUT2D eigenvalue weighted by molar-refractivity contribution is -0.120. The van der Waals surface area contributed by atoms with E-state index in [9.17, 15) is 9.18 Å². The van der Waals surface area contributed by atoms with Gasteiger partial charge in [0.25, 0.3) is 0 Å². The van der Waals surface area contributed by atoms with Crippen molar-refractivity contribution < 1.29 is 9.18 Å². The maximum absolute atomic E-state index is 13.7. The highest BCUT2D eigenvalue weighted by Crippen LogP contribution is 2.27.